The number of ether oxygens (including phenoxy) is 1. The van der Waals surface area contributed by atoms with Crippen molar-refractivity contribution in [2.24, 2.45) is 11.7 Å². The molecular weight excluding hydrogens is 390 g/mol. The maximum atomic E-state index is 12.8. The molecule has 1 aliphatic carbocycles. The van der Waals surface area contributed by atoms with Gasteiger partial charge in [-0.15, -0.1) is 12.4 Å². The number of hydrogen-bond acceptors (Lipinski definition) is 5. The Morgan fingerprint density at radius 1 is 1.22 bits per heavy atom. The number of nitrogens with one attached hydrogen (secondary N) is 1. The maximum absolute atomic E-state index is 12.8. The molecule has 1 saturated heterocycles. The van der Waals surface area contributed by atoms with Gasteiger partial charge in [-0.25, -0.2) is 8.42 Å². The summed E-state index contributed by atoms with van der Waals surface area (Å²) < 4.78 is 32.3. The number of carbonyl (C=O) groups is 1. The fraction of sp³-hybridized carbons (Fsp3) is 0.611. The normalized spacial score (nSPS) is 23.5. The lowest BCUT2D eigenvalue weighted by Gasteiger charge is -2.25. The van der Waals surface area contributed by atoms with Gasteiger partial charge >= 0.3 is 0 Å². The van der Waals surface area contributed by atoms with Crippen LogP contribution in [-0.2, 0) is 14.8 Å². The van der Waals surface area contributed by atoms with E-state index in [1.54, 1.807) is 12.1 Å². The zero-order valence-electron chi connectivity index (χ0n) is 15.5. The summed E-state index contributed by atoms with van der Waals surface area (Å²) in [6.45, 7) is 1.07. The van der Waals surface area contributed by atoms with Gasteiger partial charge in [-0.05, 0) is 44.2 Å². The molecule has 2 atom stereocenters. The van der Waals surface area contributed by atoms with E-state index in [0.717, 1.165) is 32.1 Å². The average molecular weight is 418 g/mol. The van der Waals surface area contributed by atoms with Crippen LogP contribution in [0.5, 0.6) is 5.75 Å². The molecule has 1 aromatic carbocycles. The Kier molecular flexibility index (Phi) is 7.50. The van der Waals surface area contributed by atoms with E-state index in [4.69, 9.17) is 10.5 Å². The number of nitrogens with two attached hydrogens (primary N) is 1. The van der Waals surface area contributed by atoms with Gasteiger partial charge in [-0.2, -0.15) is 4.31 Å². The largest absolute Gasteiger partial charge is 0.495 e. The van der Waals surface area contributed by atoms with E-state index in [9.17, 15) is 13.2 Å². The Morgan fingerprint density at radius 3 is 2.56 bits per heavy atom. The average Bonchev–Trinajstić information content (AvgIpc) is 3.17. The third-order valence-electron chi connectivity index (χ3n) is 5.20. The molecule has 9 heteroatoms. The number of sulfonamides is 1. The Morgan fingerprint density at radius 2 is 1.93 bits per heavy atom. The van der Waals surface area contributed by atoms with Gasteiger partial charge in [0.2, 0.25) is 15.9 Å². The van der Waals surface area contributed by atoms with Gasteiger partial charge in [-0.1, -0.05) is 6.42 Å². The number of carbonyl (C=O) groups excluding carboxylic acids is 1. The minimum Gasteiger partial charge on any atom is -0.495 e. The summed E-state index contributed by atoms with van der Waals surface area (Å²) in [5.41, 5.74) is 6.49. The minimum absolute atomic E-state index is 0. The number of halogens is 1. The van der Waals surface area contributed by atoms with Crippen LogP contribution in [0.1, 0.15) is 38.5 Å². The fourth-order valence-electron chi connectivity index (χ4n) is 3.74. The lowest BCUT2D eigenvalue weighted by molar-refractivity contribution is -0.120. The summed E-state index contributed by atoms with van der Waals surface area (Å²) in [6, 6.07) is 4.77. The van der Waals surface area contributed by atoms with Crippen LogP contribution in [0.25, 0.3) is 0 Å². The first-order valence-corrected chi connectivity index (χ1v) is 10.6. The molecule has 152 valence electrons. The highest BCUT2D eigenvalue weighted by molar-refractivity contribution is 7.89. The molecule has 3 N–H and O–H groups in total. The minimum atomic E-state index is -3.58. The second kappa shape index (κ2) is 9.23. The van der Waals surface area contributed by atoms with Crippen molar-refractivity contribution in [3.05, 3.63) is 18.2 Å². The van der Waals surface area contributed by atoms with Crippen LogP contribution in [0.4, 0.5) is 5.69 Å². The molecule has 1 amide bonds. The van der Waals surface area contributed by atoms with E-state index in [2.05, 4.69) is 5.32 Å². The van der Waals surface area contributed by atoms with Crippen molar-refractivity contribution in [3.8, 4) is 5.75 Å². The summed E-state index contributed by atoms with van der Waals surface area (Å²) in [7, 11) is -2.14. The molecule has 2 fully saturated rings. The summed E-state index contributed by atoms with van der Waals surface area (Å²) in [5.74, 6) is 0.0742. The van der Waals surface area contributed by atoms with Crippen molar-refractivity contribution in [1.29, 1.82) is 0 Å². The highest BCUT2D eigenvalue weighted by Gasteiger charge is 2.30. The molecule has 2 unspecified atom stereocenters. The molecule has 1 aliphatic heterocycles. The number of anilines is 1. The molecule has 1 saturated carbocycles. The maximum Gasteiger partial charge on any atom is 0.246 e. The molecule has 3 rings (SSSR count). The highest BCUT2D eigenvalue weighted by atomic mass is 35.5. The summed E-state index contributed by atoms with van der Waals surface area (Å²) >= 11 is 0. The van der Waals surface area contributed by atoms with Crippen LogP contribution in [0.2, 0.25) is 0 Å². The van der Waals surface area contributed by atoms with Crippen molar-refractivity contribution in [3.63, 3.8) is 0 Å². The lowest BCUT2D eigenvalue weighted by atomic mass is 9.85. The molecule has 27 heavy (non-hydrogen) atoms. The van der Waals surface area contributed by atoms with Gasteiger partial charge in [0.25, 0.3) is 0 Å². The first-order valence-electron chi connectivity index (χ1n) is 9.16. The quantitative estimate of drug-likeness (QED) is 0.765. The van der Waals surface area contributed by atoms with Crippen molar-refractivity contribution >= 4 is 34.0 Å². The number of methoxy groups -OCH3 is 1. The predicted octanol–water partition coefficient (Wildman–Crippen LogP) is 2.36. The van der Waals surface area contributed by atoms with Gasteiger partial charge in [0.15, 0.2) is 0 Å². The van der Waals surface area contributed by atoms with Crippen LogP contribution >= 0.6 is 12.4 Å². The summed E-state index contributed by atoms with van der Waals surface area (Å²) in [4.78, 5) is 12.6. The standard InChI is InChI=1S/C18H27N3O4S.ClH/c1-25-16-12-15(20-18(22)13-5-4-6-14(19)11-13)7-8-17(16)26(23,24)21-9-2-3-10-21;/h7-8,12-14H,2-6,9-11,19H2,1H3,(H,20,22);1H. The molecular formula is C18H28ClN3O4S. The smallest absolute Gasteiger partial charge is 0.246 e. The molecule has 2 aliphatic rings. The number of amides is 1. The van der Waals surface area contributed by atoms with Gasteiger partial charge in [0.05, 0.1) is 7.11 Å². The van der Waals surface area contributed by atoms with Crippen molar-refractivity contribution in [2.75, 3.05) is 25.5 Å². The van der Waals surface area contributed by atoms with E-state index >= 15 is 0 Å². The van der Waals surface area contributed by atoms with E-state index in [-0.39, 0.29) is 40.9 Å². The first kappa shape index (κ1) is 21.9. The third kappa shape index (κ3) is 4.93. The van der Waals surface area contributed by atoms with Crippen LogP contribution in [0, 0.1) is 5.92 Å². The molecule has 0 bridgehead atoms. The number of nitrogens with zero attached hydrogens (tertiary/aromatic N) is 1. The van der Waals surface area contributed by atoms with Crippen molar-refractivity contribution in [1.82, 2.24) is 4.31 Å². The topological polar surface area (TPSA) is 102 Å². The molecule has 1 heterocycles. The monoisotopic (exact) mass is 417 g/mol. The highest BCUT2D eigenvalue weighted by Crippen LogP contribution is 2.32. The van der Waals surface area contributed by atoms with Gasteiger partial charge in [0, 0.05) is 36.8 Å². The van der Waals surface area contributed by atoms with E-state index in [0.29, 0.717) is 25.2 Å². The predicted molar refractivity (Wildman–Crippen MR) is 107 cm³/mol. The van der Waals surface area contributed by atoms with E-state index < -0.39 is 10.0 Å². The zero-order valence-corrected chi connectivity index (χ0v) is 17.2. The Hall–Kier alpha value is -1.35. The Bertz CT molecular complexity index is 766. The van der Waals surface area contributed by atoms with Crippen molar-refractivity contribution < 1.29 is 17.9 Å². The summed E-state index contributed by atoms with van der Waals surface area (Å²) in [6.07, 6.45) is 5.18. The number of rotatable bonds is 5. The molecule has 7 nitrogen and oxygen atoms in total. The second-order valence-electron chi connectivity index (χ2n) is 7.09. The molecule has 0 aromatic heterocycles. The van der Waals surface area contributed by atoms with Gasteiger partial charge in [0.1, 0.15) is 10.6 Å². The Balaban J connectivity index is 0.00000261. The number of hydrogen-bond donors (Lipinski definition) is 2. The van der Waals surface area contributed by atoms with Crippen LogP contribution in [0.3, 0.4) is 0 Å². The molecule has 0 spiro atoms. The van der Waals surface area contributed by atoms with Crippen LogP contribution in [0.15, 0.2) is 23.1 Å². The third-order valence-corrected chi connectivity index (χ3v) is 7.14. The summed E-state index contributed by atoms with van der Waals surface area (Å²) in [5, 5.41) is 2.87. The van der Waals surface area contributed by atoms with Crippen LogP contribution in [-0.4, -0.2) is 44.9 Å². The van der Waals surface area contributed by atoms with Gasteiger partial charge < -0.3 is 15.8 Å². The fourth-order valence-corrected chi connectivity index (χ4v) is 5.39. The first-order chi connectivity index (χ1) is 12.4. The molecule has 0 radical (unpaired) electrons. The van der Waals surface area contributed by atoms with Gasteiger partial charge in [-0.3, -0.25) is 4.79 Å². The molecule has 1 aromatic rings. The zero-order chi connectivity index (χ0) is 18.7. The second-order valence-corrected chi connectivity index (χ2v) is 9.00. The Labute approximate surface area is 167 Å². The van der Waals surface area contributed by atoms with Crippen molar-refractivity contribution in [2.45, 2.75) is 49.5 Å². The SMILES string of the molecule is COc1cc(NC(=O)C2CCCC(N)C2)ccc1S(=O)(=O)N1CCCC1.Cl. The van der Waals surface area contributed by atoms with E-state index in [1.807, 2.05) is 0 Å². The number of benzene rings is 1. The van der Waals surface area contributed by atoms with E-state index in [1.165, 1.54) is 17.5 Å². The van der Waals surface area contributed by atoms with Crippen LogP contribution < -0.4 is 15.8 Å². The lowest BCUT2D eigenvalue weighted by Crippen LogP contribution is -2.34.